The zero-order valence-electron chi connectivity index (χ0n) is 11.7. The van der Waals surface area contributed by atoms with Gasteiger partial charge in [-0.2, -0.15) is 0 Å². The Balaban J connectivity index is 2.36. The lowest BCUT2D eigenvalue weighted by Gasteiger charge is -2.28. The number of pyridine rings is 1. The van der Waals surface area contributed by atoms with Gasteiger partial charge in [0, 0.05) is 0 Å². The second-order valence-corrected chi connectivity index (χ2v) is 5.12. The largest absolute Gasteiger partial charge is 0.320 e. The Hall–Kier alpha value is -1.81. The summed E-state index contributed by atoms with van der Waals surface area (Å²) in [5.74, 6) is -0.676. The number of hydrogen-bond acceptors (Lipinski definition) is 2. The number of rotatable bonds is 4. The summed E-state index contributed by atoms with van der Waals surface area (Å²) >= 11 is 0. The Bertz CT molecular complexity index is 596. The summed E-state index contributed by atoms with van der Waals surface area (Å²) in [6.45, 7) is 3.86. The molecule has 0 aliphatic heterocycles. The molecule has 2 aromatic rings. The third-order valence-corrected chi connectivity index (χ3v) is 3.69. The number of nitrogens with two attached hydrogens (primary N) is 1. The highest BCUT2D eigenvalue weighted by Crippen LogP contribution is 2.27. The molecule has 0 radical (unpaired) electrons. The second kappa shape index (κ2) is 5.67. The predicted molar refractivity (Wildman–Crippen MR) is 75.2 cm³/mol. The first-order valence-corrected chi connectivity index (χ1v) is 6.60. The smallest absolute Gasteiger partial charge is 0.141 e. The highest BCUT2D eigenvalue weighted by atomic mass is 19.1. The van der Waals surface area contributed by atoms with E-state index in [1.165, 1.54) is 18.2 Å². The molecule has 0 bridgehead atoms. The molecule has 1 aromatic heterocycles. The fourth-order valence-corrected chi connectivity index (χ4v) is 2.24. The van der Waals surface area contributed by atoms with Crippen molar-refractivity contribution in [3.63, 3.8) is 0 Å². The molecule has 106 valence electrons. The molecule has 0 spiro atoms. The molecule has 1 atom stereocenters. The molecule has 2 rings (SSSR count). The van der Waals surface area contributed by atoms with Crippen molar-refractivity contribution in [2.75, 3.05) is 0 Å². The van der Waals surface area contributed by atoms with Crippen molar-refractivity contribution in [2.45, 2.75) is 32.2 Å². The quantitative estimate of drug-likeness (QED) is 0.928. The first kappa shape index (κ1) is 14.6. The lowest BCUT2D eigenvalue weighted by Crippen LogP contribution is -2.39. The van der Waals surface area contributed by atoms with Crippen LogP contribution in [0.2, 0.25) is 0 Å². The van der Waals surface area contributed by atoms with Crippen LogP contribution in [-0.2, 0) is 12.0 Å². The molecule has 0 fully saturated rings. The molecule has 2 N–H and O–H groups in total. The second-order valence-electron chi connectivity index (χ2n) is 5.12. The van der Waals surface area contributed by atoms with Gasteiger partial charge in [-0.1, -0.05) is 13.0 Å². The van der Waals surface area contributed by atoms with Crippen molar-refractivity contribution in [1.29, 1.82) is 0 Å². The lowest BCUT2D eigenvalue weighted by atomic mass is 9.84. The van der Waals surface area contributed by atoms with E-state index in [0.29, 0.717) is 18.5 Å². The minimum atomic E-state index is -0.730. The average molecular weight is 276 g/mol. The third-order valence-electron chi connectivity index (χ3n) is 3.69. The van der Waals surface area contributed by atoms with Gasteiger partial charge in [-0.15, -0.1) is 0 Å². The zero-order chi connectivity index (χ0) is 14.8. The van der Waals surface area contributed by atoms with Crippen LogP contribution < -0.4 is 5.73 Å². The summed E-state index contributed by atoms with van der Waals surface area (Å²) in [7, 11) is 0. The fourth-order valence-electron chi connectivity index (χ4n) is 2.24. The monoisotopic (exact) mass is 276 g/mol. The van der Waals surface area contributed by atoms with Gasteiger partial charge in [-0.25, -0.2) is 8.78 Å². The van der Waals surface area contributed by atoms with Crippen LogP contribution in [0.3, 0.4) is 0 Å². The Labute approximate surface area is 117 Å². The van der Waals surface area contributed by atoms with Gasteiger partial charge >= 0.3 is 0 Å². The molecule has 0 amide bonds. The summed E-state index contributed by atoms with van der Waals surface area (Å²) in [5, 5.41) is 0. The number of aryl methyl sites for hydroxylation is 1. The topological polar surface area (TPSA) is 38.9 Å². The van der Waals surface area contributed by atoms with Gasteiger partial charge in [0.25, 0.3) is 0 Å². The molecular weight excluding hydrogens is 258 g/mol. The molecule has 0 saturated heterocycles. The number of aromatic nitrogens is 1. The Morgan fingerprint density at radius 1 is 1.15 bits per heavy atom. The van der Waals surface area contributed by atoms with Crippen molar-refractivity contribution in [3.05, 3.63) is 65.0 Å². The predicted octanol–water partition coefficient (Wildman–Crippen LogP) is 3.47. The molecule has 2 nitrogen and oxygen atoms in total. The normalized spacial score (nSPS) is 14.1. The Kier molecular flexibility index (Phi) is 4.14. The molecule has 0 aliphatic rings. The van der Waals surface area contributed by atoms with Crippen molar-refractivity contribution in [2.24, 2.45) is 5.73 Å². The van der Waals surface area contributed by atoms with Crippen LogP contribution in [0.1, 0.15) is 30.2 Å². The highest BCUT2D eigenvalue weighted by molar-refractivity contribution is 5.30. The van der Waals surface area contributed by atoms with Crippen LogP contribution >= 0.6 is 0 Å². The minimum Gasteiger partial charge on any atom is -0.320 e. The number of hydrogen-bond donors (Lipinski definition) is 1. The maximum Gasteiger partial charge on any atom is 0.141 e. The van der Waals surface area contributed by atoms with E-state index >= 15 is 0 Å². The Morgan fingerprint density at radius 2 is 1.85 bits per heavy atom. The van der Waals surface area contributed by atoms with E-state index in [1.54, 1.807) is 12.1 Å². The fraction of sp³-hybridized carbons (Fsp3) is 0.312. The molecule has 20 heavy (non-hydrogen) atoms. The van der Waals surface area contributed by atoms with E-state index in [0.717, 1.165) is 17.3 Å². The van der Waals surface area contributed by atoms with Gasteiger partial charge in [-0.05, 0) is 55.2 Å². The van der Waals surface area contributed by atoms with Crippen LogP contribution in [-0.4, -0.2) is 4.98 Å². The molecule has 1 heterocycles. The van der Waals surface area contributed by atoms with Crippen molar-refractivity contribution < 1.29 is 8.78 Å². The van der Waals surface area contributed by atoms with E-state index in [4.69, 9.17) is 5.73 Å². The van der Waals surface area contributed by atoms with E-state index in [2.05, 4.69) is 4.98 Å². The molecule has 0 saturated carbocycles. The van der Waals surface area contributed by atoms with Gasteiger partial charge in [0.15, 0.2) is 0 Å². The van der Waals surface area contributed by atoms with E-state index in [9.17, 15) is 8.78 Å². The van der Waals surface area contributed by atoms with Gasteiger partial charge < -0.3 is 5.73 Å². The van der Waals surface area contributed by atoms with E-state index in [-0.39, 0.29) is 5.82 Å². The van der Waals surface area contributed by atoms with Crippen molar-refractivity contribution in [1.82, 2.24) is 4.98 Å². The maximum atomic E-state index is 13.4. The zero-order valence-corrected chi connectivity index (χ0v) is 11.7. The number of benzene rings is 1. The lowest BCUT2D eigenvalue weighted by molar-refractivity contribution is 0.409. The van der Waals surface area contributed by atoms with Gasteiger partial charge in [0.2, 0.25) is 0 Å². The summed E-state index contributed by atoms with van der Waals surface area (Å²) in [4.78, 5) is 4.08. The highest BCUT2D eigenvalue weighted by Gasteiger charge is 2.28. The first-order valence-electron chi connectivity index (χ1n) is 6.60. The van der Waals surface area contributed by atoms with Crippen LogP contribution in [0.25, 0.3) is 0 Å². The van der Waals surface area contributed by atoms with Crippen molar-refractivity contribution >= 4 is 0 Å². The van der Waals surface area contributed by atoms with Gasteiger partial charge in [0.1, 0.15) is 11.6 Å². The summed E-state index contributed by atoms with van der Waals surface area (Å²) in [6.07, 6.45) is 2.25. The summed E-state index contributed by atoms with van der Waals surface area (Å²) < 4.78 is 26.3. The summed E-state index contributed by atoms with van der Waals surface area (Å²) in [5.41, 5.74) is 8.13. The SMILES string of the molecule is CCC(N)(Cc1cc(F)ccc1C)c1ccc(F)cn1. The summed E-state index contributed by atoms with van der Waals surface area (Å²) in [6, 6.07) is 7.60. The average Bonchev–Trinajstić information content (AvgIpc) is 2.43. The maximum absolute atomic E-state index is 13.4. The number of halogens is 2. The van der Waals surface area contributed by atoms with Crippen LogP contribution in [0, 0.1) is 18.6 Å². The minimum absolute atomic E-state index is 0.281. The molecular formula is C16H18F2N2. The Morgan fingerprint density at radius 3 is 2.45 bits per heavy atom. The van der Waals surface area contributed by atoms with Crippen molar-refractivity contribution in [3.8, 4) is 0 Å². The first-order chi connectivity index (χ1) is 9.44. The van der Waals surface area contributed by atoms with Crippen LogP contribution in [0.15, 0.2) is 36.5 Å². The third kappa shape index (κ3) is 3.02. The van der Waals surface area contributed by atoms with E-state index in [1.807, 2.05) is 13.8 Å². The van der Waals surface area contributed by atoms with Gasteiger partial charge in [-0.3, -0.25) is 4.98 Å². The number of nitrogens with zero attached hydrogens (tertiary/aromatic N) is 1. The van der Waals surface area contributed by atoms with E-state index < -0.39 is 11.4 Å². The molecule has 1 unspecified atom stereocenters. The van der Waals surface area contributed by atoms with Gasteiger partial charge in [0.05, 0.1) is 17.4 Å². The van der Waals surface area contributed by atoms with Crippen LogP contribution in [0.4, 0.5) is 8.78 Å². The standard InChI is InChI=1S/C16H18F2N2/c1-3-16(19,15-7-6-14(18)10-20-15)9-12-8-13(17)5-4-11(12)2/h4-8,10H,3,9,19H2,1-2H3. The molecule has 0 aliphatic carbocycles. The van der Waals surface area contributed by atoms with Crippen LogP contribution in [0.5, 0.6) is 0 Å². The molecule has 4 heteroatoms. The molecule has 1 aromatic carbocycles.